The molecule has 1 aliphatic carbocycles. The van der Waals surface area contributed by atoms with Crippen molar-refractivity contribution in [1.82, 2.24) is 10.2 Å². The van der Waals surface area contributed by atoms with Crippen LogP contribution >= 0.6 is 11.8 Å². The molecule has 0 radical (unpaired) electrons. The molecule has 4 atom stereocenters. The zero-order valence-electron chi connectivity index (χ0n) is 21.7. The lowest BCUT2D eigenvalue weighted by Gasteiger charge is -2.20. The third-order valence-corrected chi connectivity index (χ3v) is 7.58. The highest BCUT2D eigenvalue weighted by Gasteiger charge is 2.55. The van der Waals surface area contributed by atoms with Gasteiger partial charge in [-0.1, -0.05) is 24.3 Å². The summed E-state index contributed by atoms with van der Waals surface area (Å²) in [6.45, 7) is 8.49. The number of hydrogen-bond acceptors (Lipinski definition) is 7. The molecule has 2 fully saturated rings. The number of hydrogen-bond donors (Lipinski definition) is 1. The Morgan fingerprint density at radius 2 is 1.68 bits per heavy atom. The summed E-state index contributed by atoms with van der Waals surface area (Å²) in [4.78, 5) is 14.6. The third kappa shape index (κ3) is 8.36. The van der Waals surface area contributed by atoms with Gasteiger partial charge in [0.15, 0.2) is 6.10 Å². The van der Waals surface area contributed by atoms with Crippen molar-refractivity contribution < 1.29 is 32.2 Å². The van der Waals surface area contributed by atoms with Gasteiger partial charge in [0.1, 0.15) is 12.4 Å². The fourth-order valence-corrected chi connectivity index (χ4v) is 5.62. The molecule has 1 N–H and O–H groups in total. The average Bonchev–Trinajstić information content (AvgIpc) is 3.32. The molecule has 0 aromatic heterocycles. The molecule has 1 saturated carbocycles. The largest absolute Gasteiger partial charge is 0.492 e. The Balaban J connectivity index is 1.11. The van der Waals surface area contributed by atoms with E-state index in [0.29, 0.717) is 44.1 Å². The van der Waals surface area contributed by atoms with E-state index in [9.17, 15) is 18.0 Å². The number of ether oxygens (including phenoxy) is 3. The smallest absolute Gasteiger partial charge is 0.446 e. The van der Waals surface area contributed by atoms with Crippen molar-refractivity contribution in [3.63, 3.8) is 0 Å². The molecule has 38 heavy (non-hydrogen) atoms. The number of alkyl halides is 3. The number of thioether (sulfide) groups is 1. The van der Waals surface area contributed by atoms with Crippen LogP contribution in [0.2, 0.25) is 0 Å². The maximum Gasteiger partial charge on any atom is 0.446 e. The number of carbonyl (C=O) groups excluding carboxylic acids is 1. The standard InChI is InChI=1S/C28H35F3N2O4S/c1-3-35-25(27(34)36-4-2)15-19-5-9-21(10-6-19)37-14-13-32-26-23-17-33(18-24(23)26)16-20-7-11-22(12-8-20)38-28(29,30)31/h5-12,23-26,32H,3-4,13-18H2,1-2H3/t23-,24+,25-,26?/m0/s1. The van der Waals surface area contributed by atoms with Gasteiger partial charge in [0.25, 0.3) is 0 Å². The lowest BCUT2D eigenvalue weighted by Crippen LogP contribution is -2.33. The number of carbonyl (C=O) groups is 1. The number of fused-ring (bicyclic) bond motifs is 1. The van der Waals surface area contributed by atoms with E-state index >= 15 is 0 Å². The van der Waals surface area contributed by atoms with Crippen molar-refractivity contribution in [2.24, 2.45) is 11.8 Å². The minimum atomic E-state index is -4.25. The van der Waals surface area contributed by atoms with Gasteiger partial charge in [0.2, 0.25) is 0 Å². The van der Waals surface area contributed by atoms with Crippen molar-refractivity contribution in [2.45, 2.75) is 49.4 Å². The van der Waals surface area contributed by atoms with Gasteiger partial charge in [-0.2, -0.15) is 13.2 Å². The van der Waals surface area contributed by atoms with Crippen LogP contribution in [0.3, 0.4) is 0 Å². The van der Waals surface area contributed by atoms with E-state index in [0.717, 1.165) is 43.1 Å². The van der Waals surface area contributed by atoms with Crippen molar-refractivity contribution in [3.8, 4) is 5.75 Å². The highest BCUT2D eigenvalue weighted by Crippen LogP contribution is 2.45. The van der Waals surface area contributed by atoms with Crippen molar-refractivity contribution in [2.75, 3.05) is 39.5 Å². The molecule has 10 heteroatoms. The lowest BCUT2D eigenvalue weighted by atomic mass is 10.1. The van der Waals surface area contributed by atoms with Crippen molar-refractivity contribution >= 4 is 17.7 Å². The summed E-state index contributed by atoms with van der Waals surface area (Å²) in [6, 6.07) is 14.9. The average molecular weight is 553 g/mol. The van der Waals surface area contributed by atoms with Gasteiger partial charge >= 0.3 is 11.5 Å². The molecule has 1 saturated heterocycles. The monoisotopic (exact) mass is 552 g/mol. The van der Waals surface area contributed by atoms with E-state index in [1.807, 2.05) is 31.2 Å². The van der Waals surface area contributed by atoms with E-state index in [2.05, 4.69) is 10.2 Å². The van der Waals surface area contributed by atoms with Gasteiger partial charge in [0, 0.05) is 50.1 Å². The predicted molar refractivity (Wildman–Crippen MR) is 140 cm³/mol. The second-order valence-corrected chi connectivity index (χ2v) is 10.7. The molecule has 0 amide bonds. The van der Waals surface area contributed by atoms with Gasteiger partial charge in [-0.05, 0) is 72.8 Å². The normalized spacial score (nSPS) is 21.7. The summed E-state index contributed by atoms with van der Waals surface area (Å²) in [5.74, 6) is 1.67. The minimum Gasteiger partial charge on any atom is -0.492 e. The van der Waals surface area contributed by atoms with Crippen LogP contribution in [0.4, 0.5) is 13.2 Å². The molecule has 208 valence electrons. The molecule has 2 aromatic rings. The number of piperidine rings is 1. The molecule has 0 spiro atoms. The first kappa shape index (κ1) is 28.7. The fourth-order valence-electron chi connectivity index (χ4n) is 5.08. The molecule has 2 aromatic carbocycles. The molecule has 6 nitrogen and oxygen atoms in total. The second-order valence-electron chi connectivity index (χ2n) is 9.59. The van der Waals surface area contributed by atoms with Crippen molar-refractivity contribution in [3.05, 3.63) is 59.7 Å². The Kier molecular flexibility index (Phi) is 9.97. The molecule has 1 aliphatic heterocycles. The highest BCUT2D eigenvalue weighted by atomic mass is 32.2. The molecule has 2 aliphatic rings. The summed E-state index contributed by atoms with van der Waals surface area (Å²) >= 11 is -0.0779. The molecule has 0 bridgehead atoms. The van der Waals surface area contributed by atoms with Crippen LogP contribution in [0.25, 0.3) is 0 Å². The number of halogens is 3. The molecule has 1 heterocycles. The quantitative estimate of drug-likeness (QED) is 0.203. The molecular weight excluding hydrogens is 517 g/mol. The Morgan fingerprint density at radius 1 is 1.03 bits per heavy atom. The number of nitrogens with one attached hydrogen (secondary N) is 1. The van der Waals surface area contributed by atoms with E-state index in [1.54, 1.807) is 31.2 Å². The van der Waals surface area contributed by atoms with E-state index in [4.69, 9.17) is 14.2 Å². The first-order valence-corrected chi connectivity index (χ1v) is 13.9. The zero-order chi connectivity index (χ0) is 27.1. The molecule has 1 unspecified atom stereocenters. The maximum atomic E-state index is 12.5. The zero-order valence-corrected chi connectivity index (χ0v) is 22.5. The number of rotatable bonds is 14. The van der Waals surface area contributed by atoms with Crippen LogP contribution in [-0.4, -0.2) is 68.0 Å². The first-order chi connectivity index (χ1) is 18.3. The van der Waals surface area contributed by atoms with E-state index in [1.165, 1.54) is 0 Å². The summed E-state index contributed by atoms with van der Waals surface area (Å²) in [5, 5.41) is 3.59. The van der Waals surface area contributed by atoms with Gasteiger partial charge in [-0.25, -0.2) is 4.79 Å². The Hall–Kier alpha value is -2.27. The van der Waals surface area contributed by atoms with Crippen LogP contribution in [-0.2, 0) is 27.2 Å². The first-order valence-electron chi connectivity index (χ1n) is 13.1. The van der Waals surface area contributed by atoms with Crippen molar-refractivity contribution in [1.29, 1.82) is 0 Å². The number of esters is 1. The topological polar surface area (TPSA) is 60.0 Å². The van der Waals surface area contributed by atoms with E-state index in [-0.39, 0.29) is 22.6 Å². The van der Waals surface area contributed by atoms with Gasteiger partial charge in [-0.15, -0.1) is 0 Å². The second kappa shape index (κ2) is 13.2. The summed E-state index contributed by atoms with van der Waals surface area (Å²) in [6.07, 6.45) is -0.147. The fraction of sp³-hybridized carbons (Fsp3) is 0.536. The number of likely N-dealkylation sites (tertiary alicyclic amines) is 1. The molecule has 4 rings (SSSR count). The van der Waals surface area contributed by atoms with Crippen LogP contribution in [0.5, 0.6) is 5.75 Å². The Morgan fingerprint density at radius 3 is 2.29 bits per heavy atom. The van der Waals surface area contributed by atoms with Gasteiger partial charge in [0.05, 0.1) is 6.61 Å². The third-order valence-electron chi connectivity index (χ3n) is 6.85. The minimum absolute atomic E-state index is 0.0779. The summed E-state index contributed by atoms with van der Waals surface area (Å²) in [7, 11) is 0. The SMILES string of the molecule is CCOC(=O)[C@H](Cc1ccc(OCCNC2[C@H]3CN(Cc4ccc(SC(F)(F)F)cc4)C[C@@H]23)cc1)OCC. The van der Waals surface area contributed by atoms with Crippen LogP contribution in [0.15, 0.2) is 53.4 Å². The predicted octanol–water partition coefficient (Wildman–Crippen LogP) is 4.91. The van der Waals surface area contributed by atoms with Gasteiger partial charge < -0.3 is 19.5 Å². The number of benzene rings is 2. The number of nitrogens with zero attached hydrogens (tertiary/aromatic N) is 1. The van der Waals surface area contributed by atoms with E-state index < -0.39 is 11.6 Å². The van der Waals surface area contributed by atoms with Crippen LogP contribution in [0, 0.1) is 11.8 Å². The van der Waals surface area contributed by atoms with Crippen LogP contribution < -0.4 is 10.1 Å². The Bertz CT molecular complexity index is 1020. The summed E-state index contributed by atoms with van der Waals surface area (Å²) in [5.41, 5.74) is -2.24. The molecular formula is C28H35F3N2O4S. The van der Waals surface area contributed by atoms with Gasteiger partial charge in [-0.3, -0.25) is 4.90 Å². The highest BCUT2D eigenvalue weighted by molar-refractivity contribution is 8.00. The lowest BCUT2D eigenvalue weighted by molar-refractivity contribution is -0.156. The maximum absolute atomic E-state index is 12.5. The Labute approximate surface area is 226 Å². The summed E-state index contributed by atoms with van der Waals surface area (Å²) < 4.78 is 54.0. The van der Waals surface area contributed by atoms with Crippen LogP contribution in [0.1, 0.15) is 25.0 Å².